The number of amides is 2. The lowest BCUT2D eigenvalue weighted by atomic mass is 10.2. The summed E-state index contributed by atoms with van der Waals surface area (Å²) in [6.45, 7) is 1.95. The van der Waals surface area contributed by atoms with Gasteiger partial charge < -0.3 is 20.5 Å². The molecule has 7 heteroatoms. The number of anilines is 1. The SMILES string of the molecule is COc1cc(NC(=O)NC(C)C2CC2)c(Cl)cc1C(=O)O. The van der Waals surface area contributed by atoms with Crippen molar-refractivity contribution in [3.8, 4) is 5.75 Å². The van der Waals surface area contributed by atoms with Gasteiger partial charge in [-0.15, -0.1) is 0 Å². The van der Waals surface area contributed by atoms with Gasteiger partial charge in [-0.2, -0.15) is 0 Å². The van der Waals surface area contributed by atoms with Crippen molar-refractivity contribution in [2.24, 2.45) is 5.92 Å². The van der Waals surface area contributed by atoms with E-state index in [0.29, 0.717) is 11.6 Å². The van der Waals surface area contributed by atoms with Crippen molar-refractivity contribution < 1.29 is 19.4 Å². The molecule has 21 heavy (non-hydrogen) atoms. The molecule has 0 bridgehead atoms. The van der Waals surface area contributed by atoms with Crippen LogP contribution >= 0.6 is 11.6 Å². The molecule has 2 amide bonds. The van der Waals surface area contributed by atoms with Gasteiger partial charge in [-0.3, -0.25) is 0 Å². The minimum absolute atomic E-state index is 0.0557. The summed E-state index contributed by atoms with van der Waals surface area (Å²) in [7, 11) is 1.36. The molecule has 1 aliphatic carbocycles. The van der Waals surface area contributed by atoms with E-state index in [2.05, 4.69) is 10.6 Å². The number of benzene rings is 1. The Morgan fingerprint density at radius 2 is 2.10 bits per heavy atom. The summed E-state index contributed by atoms with van der Waals surface area (Å²) in [6, 6.07) is 2.38. The number of carbonyl (C=O) groups excluding carboxylic acids is 1. The van der Waals surface area contributed by atoms with Crippen molar-refractivity contribution in [2.75, 3.05) is 12.4 Å². The highest BCUT2D eigenvalue weighted by Crippen LogP contribution is 2.33. The van der Waals surface area contributed by atoms with Crippen molar-refractivity contribution in [2.45, 2.75) is 25.8 Å². The van der Waals surface area contributed by atoms with E-state index in [-0.39, 0.29) is 28.4 Å². The number of methoxy groups -OCH3 is 1. The molecule has 1 aliphatic rings. The standard InChI is InChI=1S/C14H17ClN2O4/c1-7(8-3-4-8)16-14(20)17-11-6-12(21-2)9(13(18)19)5-10(11)15/h5-8H,3-4H2,1-2H3,(H,18,19)(H2,16,17,20). The van der Waals surface area contributed by atoms with Gasteiger partial charge in [0.1, 0.15) is 11.3 Å². The summed E-state index contributed by atoms with van der Waals surface area (Å²) in [6.07, 6.45) is 2.26. The van der Waals surface area contributed by atoms with Crippen molar-refractivity contribution in [3.63, 3.8) is 0 Å². The number of hydrogen-bond acceptors (Lipinski definition) is 3. The first-order chi connectivity index (χ1) is 9.92. The minimum atomic E-state index is -1.15. The summed E-state index contributed by atoms with van der Waals surface area (Å²) in [5.41, 5.74) is 0.249. The second-order valence-corrected chi connectivity index (χ2v) is 5.47. The molecule has 114 valence electrons. The van der Waals surface area contributed by atoms with Crippen LogP contribution in [0.1, 0.15) is 30.1 Å². The molecule has 6 nitrogen and oxygen atoms in total. The summed E-state index contributed by atoms with van der Waals surface area (Å²) in [4.78, 5) is 22.9. The number of rotatable bonds is 5. The Labute approximate surface area is 127 Å². The van der Waals surface area contributed by atoms with Gasteiger partial charge in [-0.05, 0) is 31.7 Å². The van der Waals surface area contributed by atoms with Gasteiger partial charge in [0.25, 0.3) is 0 Å². The van der Waals surface area contributed by atoms with Crippen molar-refractivity contribution in [3.05, 3.63) is 22.7 Å². The zero-order valence-electron chi connectivity index (χ0n) is 11.8. The Morgan fingerprint density at radius 1 is 1.43 bits per heavy atom. The first-order valence-electron chi connectivity index (χ1n) is 6.60. The Bertz CT molecular complexity index is 572. The Morgan fingerprint density at radius 3 is 2.62 bits per heavy atom. The van der Waals surface area contributed by atoms with Gasteiger partial charge in [-0.25, -0.2) is 9.59 Å². The molecule has 0 spiro atoms. The average molecular weight is 313 g/mol. The predicted molar refractivity (Wildman–Crippen MR) is 79.3 cm³/mol. The Kier molecular flexibility index (Phi) is 4.57. The molecule has 1 saturated carbocycles. The fraction of sp³-hybridized carbons (Fsp3) is 0.429. The maximum atomic E-state index is 11.9. The maximum Gasteiger partial charge on any atom is 0.339 e. The van der Waals surface area contributed by atoms with E-state index in [4.69, 9.17) is 21.4 Å². The number of carbonyl (C=O) groups is 2. The van der Waals surface area contributed by atoms with Crippen LogP contribution in [0.2, 0.25) is 5.02 Å². The Balaban J connectivity index is 2.11. The predicted octanol–water partition coefficient (Wildman–Crippen LogP) is 2.97. The van der Waals surface area contributed by atoms with Gasteiger partial charge >= 0.3 is 12.0 Å². The number of nitrogens with one attached hydrogen (secondary N) is 2. The molecule has 0 aromatic heterocycles. The van der Waals surface area contributed by atoms with Crippen LogP contribution < -0.4 is 15.4 Å². The number of halogens is 1. The zero-order valence-corrected chi connectivity index (χ0v) is 12.5. The molecule has 0 saturated heterocycles. The largest absolute Gasteiger partial charge is 0.496 e. The molecule has 1 aromatic carbocycles. The third-order valence-electron chi connectivity index (χ3n) is 3.46. The van der Waals surface area contributed by atoms with E-state index < -0.39 is 5.97 Å². The van der Waals surface area contributed by atoms with Crippen molar-refractivity contribution in [1.29, 1.82) is 0 Å². The van der Waals surface area contributed by atoms with E-state index in [1.165, 1.54) is 19.2 Å². The molecule has 1 atom stereocenters. The lowest BCUT2D eigenvalue weighted by Gasteiger charge is -2.15. The molecule has 0 radical (unpaired) electrons. The quantitative estimate of drug-likeness (QED) is 0.780. The van der Waals surface area contributed by atoms with Crippen LogP contribution in [0.25, 0.3) is 0 Å². The molecule has 1 unspecified atom stereocenters. The summed E-state index contributed by atoms with van der Waals surface area (Å²) in [5, 5.41) is 14.6. The highest BCUT2D eigenvalue weighted by molar-refractivity contribution is 6.34. The van der Waals surface area contributed by atoms with Crippen LogP contribution in [0.3, 0.4) is 0 Å². The molecule has 2 rings (SSSR count). The molecule has 3 N–H and O–H groups in total. The lowest BCUT2D eigenvalue weighted by molar-refractivity contribution is 0.0693. The van der Waals surface area contributed by atoms with Gasteiger partial charge in [0, 0.05) is 12.1 Å². The first-order valence-corrected chi connectivity index (χ1v) is 6.98. The van der Waals surface area contributed by atoms with Gasteiger partial charge in [0.05, 0.1) is 17.8 Å². The molecule has 0 aliphatic heterocycles. The number of aromatic carboxylic acids is 1. The van der Waals surface area contributed by atoms with Gasteiger partial charge in [0.15, 0.2) is 0 Å². The Hall–Kier alpha value is -1.95. The average Bonchev–Trinajstić information content (AvgIpc) is 3.24. The zero-order chi connectivity index (χ0) is 15.6. The van der Waals surface area contributed by atoms with Crippen LogP contribution in [0, 0.1) is 5.92 Å². The van der Waals surface area contributed by atoms with Gasteiger partial charge in [-0.1, -0.05) is 11.6 Å². The van der Waals surface area contributed by atoms with Crippen LogP contribution in [0.15, 0.2) is 12.1 Å². The third-order valence-corrected chi connectivity index (χ3v) is 3.77. The van der Waals surface area contributed by atoms with E-state index in [1.807, 2.05) is 6.92 Å². The van der Waals surface area contributed by atoms with E-state index >= 15 is 0 Å². The topological polar surface area (TPSA) is 87.7 Å². The third kappa shape index (κ3) is 3.78. The highest BCUT2D eigenvalue weighted by atomic mass is 35.5. The van der Waals surface area contributed by atoms with Gasteiger partial charge in [0.2, 0.25) is 0 Å². The van der Waals surface area contributed by atoms with Crippen LogP contribution in [-0.4, -0.2) is 30.3 Å². The first kappa shape index (κ1) is 15.4. The smallest absolute Gasteiger partial charge is 0.339 e. The van der Waals surface area contributed by atoms with E-state index in [1.54, 1.807) is 0 Å². The minimum Gasteiger partial charge on any atom is -0.496 e. The lowest BCUT2D eigenvalue weighted by Crippen LogP contribution is -2.37. The second-order valence-electron chi connectivity index (χ2n) is 5.06. The van der Waals surface area contributed by atoms with Crippen LogP contribution in [-0.2, 0) is 0 Å². The number of carboxylic acid groups (broad SMARTS) is 1. The number of hydrogen-bond donors (Lipinski definition) is 3. The van der Waals surface area contributed by atoms with E-state index in [0.717, 1.165) is 12.8 Å². The van der Waals surface area contributed by atoms with Crippen LogP contribution in [0.5, 0.6) is 5.75 Å². The number of carboxylic acids is 1. The summed E-state index contributed by atoms with van der Waals surface area (Å²) >= 11 is 6.00. The molecule has 1 aromatic rings. The number of ether oxygens (including phenoxy) is 1. The molecular formula is C14H17ClN2O4. The highest BCUT2D eigenvalue weighted by Gasteiger charge is 2.29. The van der Waals surface area contributed by atoms with Crippen molar-refractivity contribution in [1.82, 2.24) is 5.32 Å². The van der Waals surface area contributed by atoms with Crippen LogP contribution in [0.4, 0.5) is 10.5 Å². The fourth-order valence-corrected chi connectivity index (χ4v) is 2.28. The maximum absolute atomic E-state index is 11.9. The molecule has 0 heterocycles. The normalized spacial score (nSPS) is 15.2. The van der Waals surface area contributed by atoms with Crippen molar-refractivity contribution >= 4 is 29.3 Å². The second kappa shape index (κ2) is 6.22. The number of urea groups is 1. The fourth-order valence-electron chi connectivity index (χ4n) is 2.06. The summed E-state index contributed by atoms with van der Waals surface area (Å²) in [5.74, 6) is -0.473. The monoisotopic (exact) mass is 312 g/mol. The van der Waals surface area contributed by atoms with E-state index in [9.17, 15) is 9.59 Å². The molecule has 1 fully saturated rings. The summed E-state index contributed by atoms with van der Waals surface area (Å²) < 4.78 is 5.00. The molecular weight excluding hydrogens is 296 g/mol.